The van der Waals surface area contributed by atoms with Gasteiger partial charge in [0.2, 0.25) is 11.8 Å². The Morgan fingerprint density at radius 3 is 2.05 bits per heavy atom. The van der Waals surface area contributed by atoms with Crippen LogP contribution in [0, 0.1) is 6.92 Å². The Morgan fingerprint density at radius 1 is 0.951 bits per heavy atom. The summed E-state index contributed by atoms with van der Waals surface area (Å²) in [6.45, 7) is 8.90. The standard InChI is InChI=1S/C31H38ClN3O5S/c1-7-28(30(37)33-31(3,4)5)34(20-23-10-16-26(40-6)17-11-23)29(36)21-35(25-14-8-22(2)9-15-25)41(38,39)27-18-12-24(32)13-19-27/h8-19,28H,7,20-21H2,1-6H3,(H,33,37)/t28-/m1/s1. The maximum absolute atomic E-state index is 14.1. The number of carbonyl (C=O) groups is 2. The van der Waals surface area contributed by atoms with Gasteiger partial charge in [-0.25, -0.2) is 8.42 Å². The van der Waals surface area contributed by atoms with Crippen molar-refractivity contribution in [2.75, 3.05) is 18.0 Å². The summed E-state index contributed by atoms with van der Waals surface area (Å²) in [7, 11) is -2.60. The number of hydrogen-bond donors (Lipinski definition) is 1. The predicted molar refractivity (Wildman–Crippen MR) is 163 cm³/mol. The summed E-state index contributed by atoms with van der Waals surface area (Å²) in [5.74, 6) is -0.178. The van der Waals surface area contributed by atoms with Gasteiger partial charge in [-0.1, -0.05) is 48.4 Å². The Labute approximate surface area is 248 Å². The molecule has 220 valence electrons. The molecule has 3 rings (SSSR count). The number of rotatable bonds is 11. The Hall–Kier alpha value is -3.56. The zero-order valence-electron chi connectivity index (χ0n) is 24.3. The van der Waals surface area contributed by atoms with Gasteiger partial charge in [-0.3, -0.25) is 13.9 Å². The molecule has 1 N–H and O–H groups in total. The molecule has 0 aliphatic heterocycles. The van der Waals surface area contributed by atoms with E-state index in [9.17, 15) is 18.0 Å². The molecule has 0 fully saturated rings. The molecule has 0 aliphatic rings. The van der Waals surface area contributed by atoms with Gasteiger partial charge in [0, 0.05) is 17.1 Å². The molecule has 0 saturated heterocycles. The van der Waals surface area contributed by atoms with Crippen LogP contribution in [-0.2, 0) is 26.2 Å². The summed E-state index contributed by atoms with van der Waals surface area (Å²) in [6, 6.07) is 19.0. The quantitative estimate of drug-likeness (QED) is 0.311. The number of benzene rings is 3. The van der Waals surface area contributed by atoms with Crippen LogP contribution >= 0.6 is 11.6 Å². The molecule has 0 spiro atoms. The van der Waals surface area contributed by atoms with Crippen molar-refractivity contribution < 1.29 is 22.7 Å². The largest absolute Gasteiger partial charge is 0.497 e. The lowest BCUT2D eigenvalue weighted by molar-refractivity contribution is -0.141. The first-order valence-corrected chi connectivity index (χ1v) is 15.2. The molecule has 0 bridgehead atoms. The molecule has 0 unspecified atom stereocenters. The molecule has 0 saturated carbocycles. The second-order valence-electron chi connectivity index (χ2n) is 10.8. The van der Waals surface area contributed by atoms with E-state index < -0.39 is 34.1 Å². The van der Waals surface area contributed by atoms with E-state index in [0.29, 0.717) is 22.9 Å². The van der Waals surface area contributed by atoms with E-state index in [2.05, 4.69) is 5.32 Å². The summed E-state index contributed by atoms with van der Waals surface area (Å²) in [4.78, 5) is 29.0. The molecule has 0 aromatic heterocycles. The maximum Gasteiger partial charge on any atom is 0.264 e. The molecule has 3 aromatic carbocycles. The number of sulfonamides is 1. The van der Waals surface area contributed by atoms with Crippen LogP contribution in [0.25, 0.3) is 0 Å². The number of carbonyl (C=O) groups excluding carboxylic acids is 2. The highest BCUT2D eigenvalue weighted by atomic mass is 35.5. The number of ether oxygens (including phenoxy) is 1. The van der Waals surface area contributed by atoms with E-state index >= 15 is 0 Å². The van der Waals surface area contributed by atoms with Crippen molar-refractivity contribution in [3.8, 4) is 5.75 Å². The molecule has 0 radical (unpaired) electrons. The second kappa shape index (κ2) is 13.4. The van der Waals surface area contributed by atoms with Crippen LogP contribution in [0.15, 0.2) is 77.7 Å². The van der Waals surface area contributed by atoms with E-state index in [1.54, 1.807) is 43.5 Å². The van der Waals surface area contributed by atoms with Crippen molar-refractivity contribution in [3.05, 3.63) is 88.9 Å². The van der Waals surface area contributed by atoms with Gasteiger partial charge in [-0.05, 0) is 88.2 Å². The smallest absolute Gasteiger partial charge is 0.264 e. The zero-order chi connectivity index (χ0) is 30.4. The number of aryl methyl sites for hydroxylation is 1. The Bertz CT molecular complexity index is 1440. The molecule has 1 atom stereocenters. The van der Waals surface area contributed by atoms with E-state index in [1.165, 1.54) is 29.2 Å². The number of nitrogens with zero attached hydrogens (tertiary/aromatic N) is 2. The highest BCUT2D eigenvalue weighted by Crippen LogP contribution is 2.26. The number of amides is 2. The summed E-state index contributed by atoms with van der Waals surface area (Å²) in [5, 5.41) is 3.36. The van der Waals surface area contributed by atoms with Crippen LogP contribution in [0.2, 0.25) is 5.02 Å². The van der Waals surface area contributed by atoms with Crippen molar-refractivity contribution >= 4 is 39.1 Å². The number of anilines is 1. The summed E-state index contributed by atoms with van der Waals surface area (Å²) in [6.07, 6.45) is 0.332. The lowest BCUT2D eigenvalue weighted by Gasteiger charge is -2.34. The van der Waals surface area contributed by atoms with Crippen LogP contribution in [0.1, 0.15) is 45.2 Å². The van der Waals surface area contributed by atoms with E-state index in [1.807, 2.05) is 46.8 Å². The molecular formula is C31H38ClN3O5S. The highest BCUT2D eigenvalue weighted by Gasteiger charge is 2.34. The minimum absolute atomic E-state index is 0.00510. The normalized spacial score (nSPS) is 12.4. The first-order valence-electron chi connectivity index (χ1n) is 13.3. The summed E-state index contributed by atoms with van der Waals surface area (Å²) in [5.41, 5.74) is 1.51. The fraction of sp³-hybridized carbons (Fsp3) is 0.355. The minimum atomic E-state index is -4.17. The number of nitrogens with one attached hydrogen (secondary N) is 1. The predicted octanol–water partition coefficient (Wildman–Crippen LogP) is 5.57. The molecule has 41 heavy (non-hydrogen) atoms. The topological polar surface area (TPSA) is 96.0 Å². The molecule has 0 heterocycles. The molecular weight excluding hydrogens is 562 g/mol. The molecule has 3 aromatic rings. The van der Waals surface area contributed by atoms with E-state index in [0.717, 1.165) is 15.4 Å². The van der Waals surface area contributed by atoms with E-state index in [-0.39, 0.29) is 17.3 Å². The SMILES string of the molecule is CC[C@H](C(=O)NC(C)(C)C)N(Cc1ccc(OC)cc1)C(=O)CN(c1ccc(C)cc1)S(=O)(=O)c1ccc(Cl)cc1. The molecule has 10 heteroatoms. The minimum Gasteiger partial charge on any atom is -0.497 e. The highest BCUT2D eigenvalue weighted by molar-refractivity contribution is 7.92. The van der Waals surface area contributed by atoms with Gasteiger partial charge >= 0.3 is 0 Å². The monoisotopic (exact) mass is 599 g/mol. The summed E-state index contributed by atoms with van der Waals surface area (Å²) < 4.78 is 34.1. The van der Waals surface area contributed by atoms with E-state index in [4.69, 9.17) is 16.3 Å². The van der Waals surface area contributed by atoms with Gasteiger partial charge in [0.15, 0.2) is 0 Å². The van der Waals surface area contributed by atoms with Gasteiger partial charge in [-0.15, -0.1) is 0 Å². The third-order valence-electron chi connectivity index (χ3n) is 6.40. The first-order chi connectivity index (χ1) is 19.2. The van der Waals surface area contributed by atoms with Crippen LogP contribution in [0.5, 0.6) is 5.75 Å². The van der Waals surface area contributed by atoms with Gasteiger partial charge in [0.1, 0.15) is 18.3 Å². The van der Waals surface area contributed by atoms with Crippen molar-refractivity contribution in [1.82, 2.24) is 10.2 Å². The lowest BCUT2D eigenvalue weighted by atomic mass is 10.1. The Balaban J connectivity index is 2.06. The van der Waals surface area contributed by atoms with Crippen LogP contribution in [0.4, 0.5) is 5.69 Å². The third kappa shape index (κ3) is 8.47. The maximum atomic E-state index is 14.1. The van der Waals surface area contributed by atoms with Crippen molar-refractivity contribution in [2.45, 2.75) is 64.1 Å². The summed E-state index contributed by atoms with van der Waals surface area (Å²) >= 11 is 6.01. The Morgan fingerprint density at radius 2 is 1.54 bits per heavy atom. The van der Waals surface area contributed by atoms with Crippen molar-refractivity contribution in [1.29, 1.82) is 0 Å². The number of halogens is 1. The fourth-order valence-corrected chi connectivity index (χ4v) is 5.81. The number of methoxy groups -OCH3 is 1. The van der Waals surface area contributed by atoms with Gasteiger partial charge in [0.05, 0.1) is 17.7 Å². The molecule has 0 aliphatic carbocycles. The van der Waals surface area contributed by atoms with Crippen molar-refractivity contribution in [2.24, 2.45) is 0 Å². The zero-order valence-corrected chi connectivity index (χ0v) is 25.9. The van der Waals surface area contributed by atoms with Gasteiger partial charge in [0.25, 0.3) is 10.0 Å². The average Bonchev–Trinajstić information content (AvgIpc) is 2.91. The van der Waals surface area contributed by atoms with Gasteiger partial charge in [-0.2, -0.15) is 0 Å². The van der Waals surface area contributed by atoms with Crippen LogP contribution in [0.3, 0.4) is 0 Å². The lowest BCUT2D eigenvalue weighted by Crippen LogP contribution is -2.55. The Kier molecular flexibility index (Phi) is 10.4. The van der Waals surface area contributed by atoms with Crippen LogP contribution in [-0.4, -0.2) is 50.4 Å². The van der Waals surface area contributed by atoms with Gasteiger partial charge < -0.3 is 15.0 Å². The first kappa shape index (κ1) is 32.0. The van der Waals surface area contributed by atoms with Crippen molar-refractivity contribution in [3.63, 3.8) is 0 Å². The molecule has 8 nitrogen and oxygen atoms in total. The van der Waals surface area contributed by atoms with Crippen LogP contribution < -0.4 is 14.4 Å². The third-order valence-corrected chi connectivity index (χ3v) is 8.44. The second-order valence-corrected chi connectivity index (χ2v) is 13.1. The average molecular weight is 600 g/mol. The molecule has 2 amide bonds. The number of hydrogen-bond acceptors (Lipinski definition) is 5. The fourth-order valence-electron chi connectivity index (χ4n) is 4.27.